The van der Waals surface area contributed by atoms with Gasteiger partial charge in [0, 0.05) is 36.7 Å². The predicted octanol–water partition coefficient (Wildman–Crippen LogP) is 3.16. The van der Waals surface area contributed by atoms with Crippen LogP contribution in [-0.4, -0.2) is 49.3 Å². The number of likely N-dealkylation sites (N-methyl/N-ethyl adjacent to an activating group) is 1. The molecule has 1 aliphatic heterocycles. The number of ether oxygens (including phenoxy) is 2. The average molecular weight is 374 g/mol. The summed E-state index contributed by atoms with van der Waals surface area (Å²) in [5, 5.41) is 2.54. The Morgan fingerprint density at radius 1 is 1.41 bits per heavy atom. The van der Waals surface area contributed by atoms with Gasteiger partial charge >= 0.3 is 6.09 Å². The highest BCUT2D eigenvalue weighted by molar-refractivity contribution is 6.00. The van der Waals surface area contributed by atoms with Crippen LogP contribution in [0.25, 0.3) is 0 Å². The van der Waals surface area contributed by atoms with Gasteiger partial charge in [-0.15, -0.1) is 0 Å². The largest absolute Gasteiger partial charge is 0.443 e. The van der Waals surface area contributed by atoms with Crippen LogP contribution in [0.1, 0.15) is 41.0 Å². The molecule has 0 aromatic heterocycles. The number of alkyl carbamates (subject to hydrolysis) is 1. The Hall–Kier alpha value is -2.08. The Morgan fingerprint density at radius 2 is 2.07 bits per heavy atom. The van der Waals surface area contributed by atoms with Gasteiger partial charge in [0.15, 0.2) is 0 Å². The van der Waals surface area contributed by atoms with Crippen LogP contribution in [0, 0.1) is 11.3 Å². The third-order valence-electron chi connectivity index (χ3n) is 6.29. The van der Waals surface area contributed by atoms with Crippen molar-refractivity contribution >= 4 is 12.0 Å². The highest BCUT2D eigenvalue weighted by Crippen LogP contribution is 2.54. The normalized spacial score (nSPS) is 32.8. The maximum atomic E-state index is 12.4. The summed E-state index contributed by atoms with van der Waals surface area (Å²) in [6.45, 7) is 10.1. The standard InChI is InChI=1S/C21H30N2O4/c1-11(2)26-17-9-14-8-16-15(12(3)19(24)23(16)7)10-21(14,5)13(4)18(17)27-20(25)22-6/h8-9,11,13,17-18H,10H2,1-7H3,(H,22,25)/t13-,17+,18+,21+/m0/s1. The summed E-state index contributed by atoms with van der Waals surface area (Å²) < 4.78 is 11.8. The van der Waals surface area contributed by atoms with Crippen molar-refractivity contribution in [2.75, 3.05) is 14.1 Å². The molecule has 148 valence electrons. The van der Waals surface area contributed by atoms with Gasteiger partial charge in [-0.2, -0.15) is 0 Å². The van der Waals surface area contributed by atoms with Crippen molar-refractivity contribution in [1.82, 2.24) is 10.2 Å². The van der Waals surface area contributed by atoms with Crippen LogP contribution in [0.5, 0.6) is 0 Å². The van der Waals surface area contributed by atoms with E-state index in [4.69, 9.17) is 9.47 Å². The molecule has 3 aliphatic rings. The fraction of sp³-hybridized carbons (Fsp3) is 0.619. The van der Waals surface area contributed by atoms with Crippen molar-refractivity contribution in [3.63, 3.8) is 0 Å². The van der Waals surface area contributed by atoms with Crippen LogP contribution in [-0.2, 0) is 14.3 Å². The van der Waals surface area contributed by atoms with Crippen LogP contribution in [0.2, 0.25) is 0 Å². The lowest BCUT2D eigenvalue weighted by atomic mass is 9.59. The molecule has 27 heavy (non-hydrogen) atoms. The first-order valence-corrected chi connectivity index (χ1v) is 9.56. The molecule has 0 spiro atoms. The number of carbonyl (C=O) groups excluding carboxylic acids is 2. The molecule has 0 bridgehead atoms. The molecule has 0 aromatic rings. The van der Waals surface area contributed by atoms with Crippen molar-refractivity contribution in [1.29, 1.82) is 0 Å². The molecule has 0 fully saturated rings. The molecular weight excluding hydrogens is 344 g/mol. The Labute approximate surface area is 161 Å². The number of hydrogen-bond donors (Lipinski definition) is 1. The van der Waals surface area contributed by atoms with Gasteiger partial charge < -0.3 is 19.7 Å². The third kappa shape index (κ3) is 3.10. The van der Waals surface area contributed by atoms with Crippen molar-refractivity contribution in [2.45, 2.75) is 59.4 Å². The zero-order chi connectivity index (χ0) is 20.1. The molecule has 0 saturated carbocycles. The maximum absolute atomic E-state index is 12.4. The van der Waals surface area contributed by atoms with E-state index in [0.29, 0.717) is 0 Å². The molecule has 0 saturated heterocycles. The van der Waals surface area contributed by atoms with Gasteiger partial charge in [0.25, 0.3) is 5.91 Å². The van der Waals surface area contributed by atoms with E-state index in [1.54, 1.807) is 11.9 Å². The van der Waals surface area contributed by atoms with Crippen molar-refractivity contribution in [3.8, 4) is 0 Å². The molecule has 3 rings (SSSR count). The fourth-order valence-corrected chi connectivity index (χ4v) is 4.44. The summed E-state index contributed by atoms with van der Waals surface area (Å²) >= 11 is 0. The Morgan fingerprint density at radius 3 is 2.67 bits per heavy atom. The van der Waals surface area contributed by atoms with Crippen molar-refractivity contribution in [3.05, 3.63) is 34.6 Å². The number of nitrogens with zero attached hydrogens (tertiary/aromatic N) is 1. The van der Waals surface area contributed by atoms with Gasteiger partial charge in [0.1, 0.15) is 12.2 Å². The first kappa shape index (κ1) is 19.7. The smallest absolute Gasteiger partial charge is 0.407 e. The molecule has 1 heterocycles. The van der Waals surface area contributed by atoms with E-state index >= 15 is 0 Å². The first-order valence-electron chi connectivity index (χ1n) is 9.56. The highest BCUT2D eigenvalue weighted by Gasteiger charge is 2.51. The minimum atomic E-state index is -0.456. The lowest BCUT2D eigenvalue weighted by molar-refractivity contribution is -0.123. The van der Waals surface area contributed by atoms with Gasteiger partial charge in [-0.1, -0.05) is 13.8 Å². The maximum Gasteiger partial charge on any atom is 0.407 e. The number of amides is 2. The molecule has 0 aromatic carbocycles. The van der Waals surface area contributed by atoms with Gasteiger partial charge in [-0.05, 0) is 50.5 Å². The Bertz CT molecular complexity index is 764. The van der Waals surface area contributed by atoms with Gasteiger partial charge in [0.05, 0.1) is 6.10 Å². The number of rotatable bonds is 3. The summed E-state index contributed by atoms with van der Waals surface area (Å²) in [6.07, 6.45) is 3.75. The number of carbonyl (C=O) groups is 2. The minimum Gasteiger partial charge on any atom is -0.443 e. The van der Waals surface area contributed by atoms with Crippen LogP contribution < -0.4 is 5.32 Å². The molecule has 4 atom stereocenters. The van der Waals surface area contributed by atoms with Crippen LogP contribution in [0.3, 0.4) is 0 Å². The molecule has 0 unspecified atom stereocenters. The van der Waals surface area contributed by atoms with Crippen LogP contribution in [0.15, 0.2) is 34.6 Å². The number of hydrogen-bond acceptors (Lipinski definition) is 4. The number of fused-ring (bicyclic) bond motifs is 2. The molecule has 2 aliphatic carbocycles. The lowest BCUT2D eigenvalue weighted by Gasteiger charge is -2.49. The molecule has 0 radical (unpaired) electrons. The first-order chi connectivity index (χ1) is 12.6. The molecule has 1 N–H and O–H groups in total. The summed E-state index contributed by atoms with van der Waals surface area (Å²) in [5.74, 6) is 0.0811. The van der Waals surface area contributed by atoms with E-state index in [9.17, 15) is 9.59 Å². The predicted molar refractivity (Wildman–Crippen MR) is 103 cm³/mol. The lowest BCUT2D eigenvalue weighted by Crippen LogP contribution is -2.51. The van der Waals surface area contributed by atoms with E-state index in [-0.39, 0.29) is 29.4 Å². The minimum absolute atomic E-state index is 0.00358. The van der Waals surface area contributed by atoms with Crippen LogP contribution in [0.4, 0.5) is 4.79 Å². The van der Waals surface area contributed by atoms with E-state index in [0.717, 1.165) is 28.8 Å². The monoisotopic (exact) mass is 374 g/mol. The van der Waals surface area contributed by atoms with Gasteiger partial charge in [-0.3, -0.25) is 4.79 Å². The second kappa shape index (κ2) is 6.82. The van der Waals surface area contributed by atoms with E-state index in [1.165, 1.54) is 0 Å². The Balaban J connectivity index is 2.08. The quantitative estimate of drug-likeness (QED) is 0.824. The van der Waals surface area contributed by atoms with Crippen molar-refractivity contribution < 1.29 is 19.1 Å². The number of allylic oxidation sites excluding steroid dienone is 3. The second-order valence-electron chi connectivity index (χ2n) is 8.27. The molecule has 2 amide bonds. The Kier molecular flexibility index (Phi) is 4.97. The van der Waals surface area contributed by atoms with E-state index in [2.05, 4.69) is 31.3 Å². The summed E-state index contributed by atoms with van der Waals surface area (Å²) in [4.78, 5) is 26.1. The van der Waals surface area contributed by atoms with Gasteiger partial charge in [0.2, 0.25) is 0 Å². The molecule has 6 heteroatoms. The van der Waals surface area contributed by atoms with Gasteiger partial charge in [-0.25, -0.2) is 4.79 Å². The molecule has 6 nitrogen and oxygen atoms in total. The van der Waals surface area contributed by atoms with Crippen LogP contribution >= 0.6 is 0 Å². The number of nitrogens with one attached hydrogen (secondary N) is 1. The zero-order valence-electron chi connectivity index (χ0n) is 17.3. The highest BCUT2D eigenvalue weighted by atomic mass is 16.6. The summed E-state index contributed by atoms with van der Waals surface area (Å²) in [5.41, 5.74) is 3.78. The van der Waals surface area contributed by atoms with Crippen molar-refractivity contribution in [2.24, 2.45) is 11.3 Å². The van der Waals surface area contributed by atoms with E-state index in [1.807, 2.05) is 27.8 Å². The topological polar surface area (TPSA) is 67.9 Å². The molecular formula is C21H30N2O4. The summed E-state index contributed by atoms with van der Waals surface area (Å²) in [7, 11) is 3.38. The second-order valence-corrected chi connectivity index (χ2v) is 8.27. The zero-order valence-corrected chi connectivity index (χ0v) is 17.3. The third-order valence-corrected chi connectivity index (χ3v) is 6.29. The SMILES string of the molecule is CNC(=O)O[C@H]1[C@H](OC(C)C)C=C2C=C3C(=C(C)C(=O)N3C)C[C@]2(C)[C@H]1C. The average Bonchev–Trinajstić information content (AvgIpc) is 2.81. The fourth-order valence-electron chi connectivity index (χ4n) is 4.44. The summed E-state index contributed by atoms with van der Waals surface area (Å²) in [6, 6.07) is 0. The van der Waals surface area contributed by atoms with E-state index < -0.39 is 12.2 Å².